The highest BCUT2D eigenvalue weighted by atomic mass is 32.2. The third-order valence-electron chi connectivity index (χ3n) is 2.71. The Morgan fingerprint density at radius 3 is 2.61 bits per heavy atom. The van der Waals surface area contributed by atoms with Gasteiger partial charge in [0.15, 0.2) is 0 Å². The topological polar surface area (TPSA) is 78.4 Å². The number of anilines is 1. The van der Waals surface area contributed by atoms with E-state index in [9.17, 15) is 13.5 Å². The predicted octanol–water partition coefficient (Wildman–Crippen LogP) is 1.17. The van der Waals surface area contributed by atoms with E-state index in [2.05, 4.69) is 10.0 Å². The van der Waals surface area contributed by atoms with Crippen molar-refractivity contribution in [2.24, 2.45) is 0 Å². The summed E-state index contributed by atoms with van der Waals surface area (Å²) in [5.74, 6) is 0. The Morgan fingerprint density at radius 1 is 1.33 bits per heavy atom. The summed E-state index contributed by atoms with van der Waals surface area (Å²) in [5.41, 5.74) is 0.551. The quantitative estimate of drug-likeness (QED) is 0.696. The van der Waals surface area contributed by atoms with Gasteiger partial charge in [0.2, 0.25) is 10.0 Å². The van der Waals surface area contributed by atoms with Crippen molar-refractivity contribution < 1.29 is 13.5 Å². The lowest BCUT2D eigenvalue weighted by molar-refractivity contribution is 0.164. The van der Waals surface area contributed by atoms with Crippen molar-refractivity contribution in [3.05, 3.63) is 24.3 Å². The summed E-state index contributed by atoms with van der Waals surface area (Å²) in [7, 11) is -2.08. The molecule has 1 atom stereocenters. The Morgan fingerprint density at radius 2 is 2.00 bits per heavy atom. The van der Waals surface area contributed by atoms with Crippen LogP contribution in [0.15, 0.2) is 29.2 Å². The summed E-state index contributed by atoms with van der Waals surface area (Å²) in [5, 5.41) is 12.5. The van der Waals surface area contributed by atoms with Gasteiger partial charge in [-0.2, -0.15) is 0 Å². The zero-order valence-corrected chi connectivity index (χ0v) is 11.5. The van der Waals surface area contributed by atoms with Crippen LogP contribution < -0.4 is 10.0 Å². The van der Waals surface area contributed by atoms with Gasteiger partial charge in [-0.25, -0.2) is 13.1 Å². The van der Waals surface area contributed by atoms with Gasteiger partial charge in [0.25, 0.3) is 0 Å². The number of aliphatic hydroxyl groups excluding tert-OH is 1. The van der Waals surface area contributed by atoms with Gasteiger partial charge in [0, 0.05) is 6.54 Å². The zero-order chi connectivity index (χ0) is 13.6. The van der Waals surface area contributed by atoms with Crippen molar-refractivity contribution in [3.8, 4) is 0 Å². The molecule has 0 heterocycles. The molecule has 102 valence electrons. The highest BCUT2D eigenvalue weighted by molar-refractivity contribution is 7.89. The molecule has 0 aliphatic rings. The highest BCUT2D eigenvalue weighted by Crippen LogP contribution is 2.20. The second-order valence-corrected chi connectivity index (χ2v) is 5.84. The minimum absolute atomic E-state index is 0.221. The summed E-state index contributed by atoms with van der Waals surface area (Å²) in [4.78, 5) is 0.221. The minimum Gasteiger partial charge on any atom is -0.393 e. The molecule has 0 bridgehead atoms. The monoisotopic (exact) mass is 272 g/mol. The van der Waals surface area contributed by atoms with E-state index in [4.69, 9.17) is 0 Å². The first kappa shape index (κ1) is 14.9. The number of benzene rings is 1. The molecule has 1 rings (SSSR count). The molecule has 0 spiro atoms. The predicted molar refractivity (Wildman–Crippen MR) is 72.1 cm³/mol. The Labute approximate surface area is 108 Å². The lowest BCUT2D eigenvalue weighted by atomic mass is 10.2. The average molecular weight is 272 g/mol. The van der Waals surface area contributed by atoms with Crippen LogP contribution in [0, 0.1) is 0 Å². The first-order valence-electron chi connectivity index (χ1n) is 5.95. The molecule has 0 saturated carbocycles. The van der Waals surface area contributed by atoms with Crippen molar-refractivity contribution >= 4 is 15.7 Å². The largest absolute Gasteiger partial charge is 0.393 e. The Kier molecular flexibility index (Phi) is 5.58. The molecule has 0 aromatic heterocycles. The normalized spacial score (nSPS) is 13.3. The second-order valence-electron chi connectivity index (χ2n) is 3.98. The molecule has 1 aromatic carbocycles. The number of nitrogens with one attached hydrogen (secondary N) is 2. The Hall–Kier alpha value is -1.11. The van der Waals surface area contributed by atoms with E-state index in [1.807, 2.05) is 6.92 Å². The molecular weight excluding hydrogens is 252 g/mol. The minimum atomic E-state index is -3.46. The first-order valence-corrected chi connectivity index (χ1v) is 7.44. The zero-order valence-electron chi connectivity index (χ0n) is 10.7. The van der Waals surface area contributed by atoms with Gasteiger partial charge in [0.05, 0.1) is 11.8 Å². The molecule has 0 amide bonds. The van der Waals surface area contributed by atoms with Gasteiger partial charge in [-0.15, -0.1) is 0 Å². The SMILES string of the molecule is CCC(O)CCNc1ccccc1S(=O)(=O)NC. The van der Waals surface area contributed by atoms with Crippen molar-refractivity contribution in [1.82, 2.24) is 4.72 Å². The van der Waals surface area contributed by atoms with E-state index < -0.39 is 10.0 Å². The second kappa shape index (κ2) is 6.72. The van der Waals surface area contributed by atoms with Crippen LogP contribution in [-0.4, -0.2) is 33.2 Å². The van der Waals surface area contributed by atoms with Crippen LogP contribution in [-0.2, 0) is 10.0 Å². The molecule has 0 saturated heterocycles. The summed E-state index contributed by atoms with van der Waals surface area (Å²) >= 11 is 0. The van der Waals surface area contributed by atoms with Gasteiger partial charge < -0.3 is 10.4 Å². The van der Waals surface area contributed by atoms with Gasteiger partial charge in [0.1, 0.15) is 4.90 Å². The molecule has 3 N–H and O–H groups in total. The smallest absolute Gasteiger partial charge is 0.242 e. The van der Waals surface area contributed by atoms with E-state index in [1.54, 1.807) is 24.3 Å². The molecule has 0 aliphatic carbocycles. The maximum Gasteiger partial charge on any atom is 0.242 e. The maximum absolute atomic E-state index is 11.8. The molecule has 1 unspecified atom stereocenters. The third kappa shape index (κ3) is 3.97. The van der Waals surface area contributed by atoms with Crippen LogP contribution in [0.1, 0.15) is 19.8 Å². The lowest BCUT2D eigenvalue weighted by Crippen LogP contribution is -2.21. The molecule has 18 heavy (non-hydrogen) atoms. The van der Waals surface area contributed by atoms with Gasteiger partial charge in [-0.3, -0.25) is 0 Å². The standard InChI is InChI=1S/C12H20N2O3S/c1-3-10(15)8-9-14-11-6-4-5-7-12(11)18(16,17)13-2/h4-7,10,13-15H,3,8-9H2,1-2H3. The fourth-order valence-electron chi connectivity index (χ4n) is 1.53. The van der Waals surface area contributed by atoms with E-state index >= 15 is 0 Å². The fraction of sp³-hybridized carbons (Fsp3) is 0.500. The molecule has 6 heteroatoms. The molecule has 0 aliphatic heterocycles. The summed E-state index contributed by atoms with van der Waals surface area (Å²) < 4.78 is 25.8. The summed E-state index contributed by atoms with van der Waals surface area (Å²) in [6.45, 7) is 2.44. The summed E-state index contributed by atoms with van der Waals surface area (Å²) in [6, 6.07) is 6.70. The lowest BCUT2D eigenvalue weighted by Gasteiger charge is -2.13. The molecule has 1 aromatic rings. The molecular formula is C12H20N2O3S. The number of aliphatic hydroxyl groups is 1. The van der Waals surface area contributed by atoms with E-state index in [1.165, 1.54) is 7.05 Å². The van der Waals surface area contributed by atoms with Crippen molar-refractivity contribution in [2.75, 3.05) is 18.9 Å². The van der Waals surface area contributed by atoms with Gasteiger partial charge >= 0.3 is 0 Å². The van der Waals surface area contributed by atoms with Gasteiger partial charge in [-0.1, -0.05) is 19.1 Å². The van der Waals surface area contributed by atoms with Crippen molar-refractivity contribution in [2.45, 2.75) is 30.8 Å². The van der Waals surface area contributed by atoms with Crippen LogP contribution in [0.2, 0.25) is 0 Å². The first-order chi connectivity index (χ1) is 8.51. The number of para-hydroxylation sites is 1. The maximum atomic E-state index is 11.8. The number of sulfonamides is 1. The van der Waals surface area contributed by atoms with E-state index in [0.29, 0.717) is 25.1 Å². The van der Waals surface area contributed by atoms with Gasteiger partial charge in [-0.05, 0) is 32.0 Å². The van der Waals surface area contributed by atoms with E-state index in [0.717, 1.165) is 0 Å². The van der Waals surface area contributed by atoms with Crippen LogP contribution in [0.25, 0.3) is 0 Å². The molecule has 5 nitrogen and oxygen atoms in total. The Bertz CT molecular complexity index is 474. The van der Waals surface area contributed by atoms with Crippen LogP contribution >= 0.6 is 0 Å². The third-order valence-corrected chi connectivity index (χ3v) is 4.18. The van der Waals surface area contributed by atoms with Crippen molar-refractivity contribution in [1.29, 1.82) is 0 Å². The summed E-state index contributed by atoms with van der Waals surface area (Å²) in [6.07, 6.45) is 0.924. The average Bonchev–Trinajstić information content (AvgIpc) is 2.39. The number of hydrogen-bond donors (Lipinski definition) is 3. The Balaban J connectivity index is 2.78. The number of hydrogen-bond acceptors (Lipinski definition) is 4. The van der Waals surface area contributed by atoms with Crippen LogP contribution in [0.4, 0.5) is 5.69 Å². The molecule has 0 radical (unpaired) electrons. The molecule has 0 fully saturated rings. The highest BCUT2D eigenvalue weighted by Gasteiger charge is 2.15. The fourth-order valence-corrected chi connectivity index (χ4v) is 2.44. The van der Waals surface area contributed by atoms with Crippen LogP contribution in [0.5, 0.6) is 0 Å². The van der Waals surface area contributed by atoms with E-state index in [-0.39, 0.29) is 11.0 Å². The van der Waals surface area contributed by atoms with Crippen molar-refractivity contribution in [3.63, 3.8) is 0 Å². The van der Waals surface area contributed by atoms with Crippen LogP contribution in [0.3, 0.4) is 0 Å². The number of rotatable bonds is 7.